The van der Waals surface area contributed by atoms with E-state index in [-0.39, 0.29) is 89.1 Å². The second-order valence-electron chi connectivity index (χ2n) is 11.6. The number of H-pyrrole nitrogens is 3. The van der Waals surface area contributed by atoms with Crippen molar-refractivity contribution in [2.45, 2.75) is 434 Å². The maximum absolute atomic E-state index is 3.85. The van der Waals surface area contributed by atoms with Gasteiger partial charge in [0, 0.05) is 164 Å². The highest BCUT2D eigenvalue weighted by molar-refractivity contribution is 5.58. The van der Waals surface area contributed by atoms with E-state index in [1.807, 2.05) is 406 Å². The highest BCUT2D eigenvalue weighted by atomic mass is 15.3. The number of aromatic amines is 3. The zero-order chi connectivity index (χ0) is 93.3. The van der Waals surface area contributed by atoms with Gasteiger partial charge in [-0.15, -0.1) is 0 Å². The molecule has 20 heteroatoms. The van der Waals surface area contributed by atoms with Gasteiger partial charge in [0.25, 0.3) is 0 Å². The second kappa shape index (κ2) is 476. The molecule has 0 amide bonds. The summed E-state index contributed by atoms with van der Waals surface area (Å²) in [4.78, 5) is 31.7. The predicted molar refractivity (Wildman–Crippen MR) is 609 cm³/mol. The third kappa shape index (κ3) is 463. The number of nitrogens with zero attached hydrogens (tertiary/aromatic N) is 11. The summed E-state index contributed by atoms with van der Waals surface area (Å²) >= 11 is 0. The van der Waals surface area contributed by atoms with Crippen LogP contribution in [0.5, 0.6) is 0 Å². The van der Waals surface area contributed by atoms with Gasteiger partial charge in [0.15, 0.2) is 0 Å². The van der Waals surface area contributed by atoms with E-state index in [1.165, 1.54) is 12.7 Å². The average molecular weight is 1790 g/mol. The topological polar surface area (TPSA) is 260 Å². The van der Waals surface area contributed by atoms with Crippen LogP contribution in [0, 0.1) is 0 Å². The third-order valence-corrected chi connectivity index (χ3v) is 6.56. The lowest BCUT2D eigenvalue weighted by molar-refractivity contribution is 0.807. The van der Waals surface area contributed by atoms with E-state index >= 15 is 0 Å². The maximum Gasteiger partial charge on any atom is 0.115 e. The van der Waals surface area contributed by atoms with Gasteiger partial charge in [0.1, 0.15) is 6.33 Å². The Morgan fingerprint density at radius 2 is 0.605 bits per heavy atom. The first kappa shape index (κ1) is 240. The van der Waals surface area contributed by atoms with Crippen molar-refractivity contribution in [3.63, 3.8) is 0 Å². The van der Waals surface area contributed by atoms with Gasteiger partial charge in [0.05, 0.1) is 19.2 Å². The Hall–Kier alpha value is -7.81. The number of hydrazone groups is 1. The summed E-state index contributed by atoms with van der Waals surface area (Å²) in [6.07, 6.45) is 44.8. The number of nitrogens with one attached hydrogen (secondary N) is 9. The van der Waals surface area contributed by atoms with Crippen molar-refractivity contribution in [1.29, 1.82) is 0 Å². The zero-order valence-electron chi connectivity index (χ0n) is 84.3. The summed E-state index contributed by atoms with van der Waals surface area (Å²) in [7, 11) is 0. The van der Waals surface area contributed by atoms with Crippen molar-refractivity contribution in [1.82, 2.24) is 92.3 Å². The average Bonchev–Trinajstić information content (AvgIpc) is 2.05. The van der Waals surface area contributed by atoms with Gasteiger partial charge in [-0.25, -0.2) is 15.0 Å². The van der Waals surface area contributed by atoms with Crippen molar-refractivity contribution in [2.24, 2.45) is 10.1 Å². The number of pyridine rings is 1. The summed E-state index contributed by atoms with van der Waals surface area (Å²) in [6, 6.07) is 16.9. The molecule has 0 atom stereocenters. The molecule has 1 saturated heterocycles. The first-order valence-electron chi connectivity index (χ1n) is 44.5. The summed E-state index contributed by atoms with van der Waals surface area (Å²) in [5.41, 5.74) is 2.79. The van der Waals surface area contributed by atoms with Gasteiger partial charge in [-0.05, 0) is 61.2 Å². The van der Waals surface area contributed by atoms with Crippen molar-refractivity contribution in [3.8, 4) is 0 Å². The van der Waals surface area contributed by atoms with E-state index < -0.39 is 0 Å². The largest absolute Gasteiger partial charge is 0.391 e. The normalized spacial score (nSPS) is 7.81. The minimum atomic E-state index is 0. The molecule has 0 unspecified atom stereocenters. The summed E-state index contributed by atoms with van der Waals surface area (Å²) in [5.74, 6) is 0. The molecule has 20 nitrogen and oxygen atoms in total. The van der Waals surface area contributed by atoms with Crippen LogP contribution in [0.1, 0.15) is 434 Å². The Bertz CT molecular complexity index is 1420. The number of aliphatic imine (C=N–C) groups is 1. The monoisotopic (exact) mass is 1790 g/mol. The van der Waals surface area contributed by atoms with Crippen molar-refractivity contribution < 1.29 is 0 Å². The molecular formula is C104H256N20. The molecule has 1 fully saturated rings. The highest BCUT2D eigenvalue weighted by Gasteiger charge is 1.90. The zero-order valence-corrected chi connectivity index (χ0v) is 84.3. The first-order valence-corrected chi connectivity index (χ1v) is 44.5. The van der Waals surface area contributed by atoms with Crippen LogP contribution in [-0.4, -0.2) is 132 Å². The molecule has 0 aliphatic carbocycles. The summed E-state index contributed by atoms with van der Waals surface area (Å²) < 4.78 is 0. The molecule has 7 aromatic rings. The molecule has 0 aromatic carbocycles. The van der Waals surface area contributed by atoms with Crippen LogP contribution in [0.2, 0.25) is 0 Å². The third-order valence-electron chi connectivity index (χ3n) is 6.56. The minimum absolute atomic E-state index is 0. The molecule has 12 rings (SSSR count). The molecule has 0 bridgehead atoms. The lowest BCUT2D eigenvalue weighted by atomic mass is 10.5. The Morgan fingerprint density at radius 3 is 0.702 bits per heavy atom. The molecular weight excluding hydrogens is 1530 g/mol. The Labute approximate surface area is 794 Å². The molecule has 5 aliphatic heterocycles. The van der Waals surface area contributed by atoms with Crippen LogP contribution in [0.15, 0.2) is 201 Å². The predicted octanol–water partition coefficient (Wildman–Crippen LogP) is 36.0. The lowest BCUT2D eigenvalue weighted by Crippen LogP contribution is -2.11. The van der Waals surface area contributed by atoms with Crippen LogP contribution in [0.4, 0.5) is 0 Å². The number of hydrogen-bond donors (Lipinski definition) is 9. The number of hydrogen-bond acceptors (Lipinski definition) is 17. The van der Waals surface area contributed by atoms with E-state index in [4.69, 9.17) is 0 Å². The van der Waals surface area contributed by atoms with Crippen molar-refractivity contribution in [2.75, 3.05) is 59.0 Å². The molecule has 9 N–H and O–H groups in total. The fraction of sp³-hybridized carbons (Fsp3) is 0.683. The Morgan fingerprint density at radius 1 is 0.250 bits per heavy atom. The van der Waals surface area contributed by atoms with Crippen LogP contribution in [-0.2, 0) is 0 Å². The first-order chi connectivity index (χ1) is 56.0. The Balaban J connectivity index is -0.0000000191. The smallest absolute Gasteiger partial charge is 0.115 e. The minimum Gasteiger partial charge on any atom is -0.391 e. The molecule has 5 aliphatic rings. The quantitative estimate of drug-likeness (QED) is 0.0640. The lowest BCUT2D eigenvalue weighted by Gasteiger charge is -1.78. The molecule has 124 heavy (non-hydrogen) atoms. The fourth-order valence-electron chi connectivity index (χ4n) is 3.70. The van der Waals surface area contributed by atoms with Gasteiger partial charge in [-0.2, -0.15) is 20.4 Å². The van der Waals surface area contributed by atoms with Crippen LogP contribution < -0.4 is 32.0 Å². The molecule has 0 radical (unpaired) electrons. The molecule has 7 aromatic heterocycles. The van der Waals surface area contributed by atoms with E-state index in [1.54, 1.807) is 105 Å². The summed E-state index contributed by atoms with van der Waals surface area (Å²) in [5, 5.41) is 32.3. The number of aromatic nitrogens is 12. The van der Waals surface area contributed by atoms with Gasteiger partial charge in [0.2, 0.25) is 0 Å². The summed E-state index contributed by atoms with van der Waals surface area (Å²) in [6.45, 7) is 106. The molecule has 772 valence electrons. The SMILES string of the molecule is C.C.C.C.C.C.C.C.C.C.C.C.C1=CCNC1.C1=CNCC1.C1=NCCN1.C1=NNCC1.C1CNCN1.CC.CC.CC.CC.CC.CC.CC.CC.CC.CC.CC.CC.CC.CC.CC.CC.CC.CC.CC.CC.CC.CC.CC.CC.c1c[nH]cn1.c1cc[nH]c1.c1ccncc1.c1ccnnc1.c1cn[nH]c1.c1cnccn1.c1cncnc1. The van der Waals surface area contributed by atoms with Gasteiger partial charge >= 0.3 is 0 Å². The van der Waals surface area contributed by atoms with Crippen LogP contribution in [0.3, 0.4) is 0 Å². The molecule has 12 heterocycles. The van der Waals surface area contributed by atoms with Crippen LogP contribution >= 0.6 is 0 Å². The number of rotatable bonds is 0. The van der Waals surface area contributed by atoms with E-state index in [0.29, 0.717) is 0 Å². The maximum atomic E-state index is 3.85. The van der Waals surface area contributed by atoms with Gasteiger partial charge < -0.3 is 42.0 Å². The van der Waals surface area contributed by atoms with Gasteiger partial charge in [-0.1, -0.05) is 446 Å². The van der Waals surface area contributed by atoms with E-state index in [9.17, 15) is 0 Å². The van der Waals surface area contributed by atoms with E-state index in [2.05, 4.69) is 121 Å². The second-order valence-corrected chi connectivity index (χ2v) is 11.6. The molecule has 0 spiro atoms. The molecule has 0 saturated carbocycles. The standard InChI is InChI=1S/C5H5N.3C4H4N2.2C4H7N.C4H5N.C3H8N2.C3H6N2.C3H4N2.C3H6N2.C3H4N2.24C2H6.12CH4/c1-2-4-6-5-3-1;1-2-6-4-3-5-1;1-2-5-4-6-3-1;1-2-4-6-5-3-1;3*1-2-4-5-3-1;3*1-2-5-3-4-1;2*1-2-4-5-3-1;24*1-2;;;;;;;;;;;;/h1-5H;3*1-4H;1,3,5H,2,4H2;1-2,5H,3-4H2;1-5H;4-5H,1-3H2;3H,1-2H2,(H,4,5);1-3H,(H,4,5);2,5H,1,3H2;1-3H,(H,4,5);24*1-2H3;12*1H4. The van der Waals surface area contributed by atoms with Crippen molar-refractivity contribution in [3.05, 3.63) is 191 Å². The van der Waals surface area contributed by atoms with E-state index in [0.717, 1.165) is 65.4 Å². The Kier molecular flexibility index (Phi) is 920. The number of imidazole rings is 1. The van der Waals surface area contributed by atoms with Crippen molar-refractivity contribution >= 4 is 12.6 Å². The fourth-order valence-corrected chi connectivity index (χ4v) is 3.70. The van der Waals surface area contributed by atoms with Gasteiger partial charge in [-0.3, -0.25) is 25.0 Å². The van der Waals surface area contributed by atoms with Crippen LogP contribution in [0.25, 0.3) is 0 Å². The highest BCUT2D eigenvalue weighted by Crippen LogP contribution is 1.84.